The molecular formula is C15H22INO. The van der Waals surface area contributed by atoms with Crippen LogP contribution in [0.4, 0.5) is 0 Å². The molecule has 18 heavy (non-hydrogen) atoms. The fourth-order valence-corrected chi connectivity index (χ4v) is 3.19. The molecular weight excluding hydrogens is 337 g/mol. The zero-order valence-corrected chi connectivity index (χ0v) is 13.2. The van der Waals surface area contributed by atoms with Crippen LogP contribution in [-0.4, -0.2) is 19.7 Å². The van der Waals surface area contributed by atoms with Gasteiger partial charge in [-0.3, -0.25) is 0 Å². The Morgan fingerprint density at radius 1 is 1.28 bits per heavy atom. The molecule has 1 saturated carbocycles. The van der Waals surface area contributed by atoms with Gasteiger partial charge < -0.3 is 10.1 Å². The summed E-state index contributed by atoms with van der Waals surface area (Å²) < 4.78 is 6.61. The first-order valence-electron chi connectivity index (χ1n) is 6.85. The van der Waals surface area contributed by atoms with E-state index in [-0.39, 0.29) is 0 Å². The largest absolute Gasteiger partial charge is 0.497 e. The number of ether oxygens (including phenoxy) is 1. The first-order chi connectivity index (χ1) is 8.79. The fourth-order valence-electron chi connectivity index (χ4n) is 2.59. The van der Waals surface area contributed by atoms with Crippen LogP contribution in [0.25, 0.3) is 0 Å². The van der Waals surface area contributed by atoms with Gasteiger partial charge in [0.25, 0.3) is 0 Å². The molecule has 2 rings (SSSR count). The smallest absolute Gasteiger partial charge is 0.119 e. The monoisotopic (exact) mass is 359 g/mol. The van der Waals surface area contributed by atoms with Crippen LogP contribution in [0.1, 0.15) is 37.7 Å². The molecule has 1 fully saturated rings. The van der Waals surface area contributed by atoms with Crippen LogP contribution >= 0.6 is 22.6 Å². The highest BCUT2D eigenvalue weighted by molar-refractivity contribution is 14.1. The van der Waals surface area contributed by atoms with Gasteiger partial charge in [0.2, 0.25) is 0 Å². The van der Waals surface area contributed by atoms with Crippen molar-refractivity contribution in [1.82, 2.24) is 5.32 Å². The highest BCUT2D eigenvalue weighted by atomic mass is 127. The number of nitrogens with one attached hydrogen (secondary N) is 1. The van der Waals surface area contributed by atoms with Crippen molar-refractivity contribution < 1.29 is 4.74 Å². The lowest BCUT2D eigenvalue weighted by atomic mass is 9.95. The van der Waals surface area contributed by atoms with Gasteiger partial charge >= 0.3 is 0 Å². The summed E-state index contributed by atoms with van der Waals surface area (Å²) in [5.74, 6) is 0.961. The second-order valence-electron chi connectivity index (χ2n) is 5.00. The van der Waals surface area contributed by atoms with Gasteiger partial charge in [0.15, 0.2) is 0 Å². The van der Waals surface area contributed by atoms with Crippen LogP contribution in [-0.2, 0) is 6.42 Å². The molecule has 1 aliphatic rings. The zero-order chi connectivity index (χ0) is 12.8. The molecule has 0 amide bonds. The Morgan fingerprint density at radius 3 is 2.78 bits per heavy atom. The number of hydrogen-bond acceptors (Lipinski definition) is 2. The van der Waals surface area contributed by atoms with Crippen molar-refractivity contribution in [3.63, 3.8) is 0 Å². The van der Waals surface area contributed by atoms with E-state index < -0.39 is 0 Å². The van der Waals surface area contributed by atoms with E-state index in [0.29, 0.717) is 0 Å². The molecule has 1 aromatic carbocycles. The lowest BCUT2D eigenvalue weighted by molar-refractivity contribution is 0.375. The van der Waals surface area contributed by atoms with Gasteiger partial charge in [0.05, 0.1) is 7.11 Å². The van der Waals surface area contributed by atoms with Gasteiger partial charge in [0, 0.05) is 9.61 Å². The van der Waals surface area contributed by atoms with Crippen LogP contribution in [0, 0.1) is 3.57 Å². The second-order valence-corrected chi connectivity index (χ2v) is 6.16. The van der Waals surface area contributed by atoms with E-state index in [1.165, 1.54) is 41.2 Å². The first-order valence-corrected chi connectivity index (χ1v) is 7.93. The predicted molar refractivity (Wildman–Crippen MR) is 84.3 cm³/mol. The summed E-state index contributed by atoms with van der Waals surface area (Å²) >= 11 is 2.40. The Morgan fingerprint density at radius 2 is 2.06 bits per heavy atom. The molecule has 1 aliphatic carbocycles. The Bertz CT molecular complexity index is 375. The minimum Gasteiger partial charge on any atom is -0.497 e. The Balaban J connectivity index is 1.81. The van der Waals surface area contributed by atoms with E-state index >= 15 is 0 Å². The maximum absolute atomic E-state index is 5.28. The van der Waals surface area contributed by atoms with Crippen LogP contribution in [0.5, 0.6) is 5.75 Å². The average Bonchev–Trinajstić information content (AvgIpc) is 2.42. The van der Waals surface area contributed by atoms with Gasteiger partial charge in [-0.05, 0) is 72.2 Å². The third-order valence-corrected chi connectivity index (χ3v) is 4.74. The molecule has 0 atom stereocenters. The van der Waals surface area contributed by atoms with E-state index in [9.17, 15) is 0 Å². The number of rotatable bonds is 5. The number of benzene rings is 1. The van der Waals surface area contributed by atoms with Crippen LogP contribution in [0.15, 0.2) is 18.2 Å². The molecule has 1 aromatic rings. The Labute approximate surface area is 124 Å². The molecule has 100 valence electrons. The quantitative estimate of drug-likeness (QED) is 0.809. The van der Waals surface area contributed by atoms with Crippen molar-refractivity contribution in [3.8, 4) is 5.75 Å². The van der Waals surface area contributed by atoms with Crippen molar-refractivity contribution in [1.29, 1.82) is 0 Å². The molecule has 2 nitrogen and oxygen atoms in total. The SMILES string of the molecule is COc1ccc(I)c(CCNC2CCCCC2)c1. The standard InChI is InChI=1S/C15H22INO/c1-18-14-7-8-15(16)12(11-14)9-10-17-13-5-3-2-4-6-13/h7-8,11,13,17H,2-6,9-10H2,1H3. The van der Waals surface area contributed by atoms with E-state index in [1.54, 1.807) is 7.11 Å². The zero-order valence-electron chi connectivity index (χ0n) is 11.0. The maximum atomic E-state index is 5.28. The lowest BCUT2D eigenvalue weighted by Gasteiger charge is -2.23. The molecule has 0 aliphatic heterocycles. The third kappa shape index (κ3) is 4.12. The van der Waals surface area contributed by atoms with Crippen LogP contribution in [0.3, 0.4) is 0 Å². The molecule has 0 radical (unpaired) electrons. The van der Waals surface area contributed by atoms with Crippen molar-refractivity contribution in [2.24, 2.45) is 0 Å². The van der Waals surface area contributed by atoms with E-state index in [2.05, 4.69) is 40.0 Å². The van der Waals surface area contributed by atoms with Crippen LogP contribution in [0.2, 0.25) is 0 Å². The topological polar surface area (TPSA) is 21.3 Å². The minimum atomic E-state index is 0.752. The Kier molecular flexibility index (Phi) is 5.76. The molecule has 1 N–H and O–H groups in total. The highest BCUT2D eigenvalue weighted by Gasteiger charge is 2.12. The summed E-state index contributed by atoms with van der Waals surface area (Å²) in [6.45, 7) is 1.08. The summed E-state index contributed by atoms with van der Waals surface area (Å²) in [4.78, 5) is 0. The molecule has 0 spiro atoms. The molecule has 0 unspecified atom stereocenters. The number of halogens is 1. The van der Waals surface area contributed by atoms with Crippen molar-refractivity contribution in [3.05, 3.63) is 27.3 Å². The summed E-state index contributed by atoms with van der Waals surface area (Å²) in [5, 5.41) is 3.69. The van der Waals surface area contributed by atoms with E-state index in [0.717, 1.165) is 24.8 Å². The van der Waals surface area contributed by atoms with Gasteiger partial charge in [-0.15, -0.1) is 0 Å². The highest BCUT2D eigenvalue weighted by Crippen LogP contribution is 2.20. The normalized spacial score (nSPS) is 16.8. The molecule has 3 heteroatoms. The first kappa shape index (κ1) is 14.1. The number of methoxy groups -OCH3 is 1. The van der Waals surface area contributed by atoms with E-state index in [1.807, 2.05) is 6.07 Å². The van der Waals surface area contributed by atoms with Gasteiger partial charge in [-0.2, -0.15) is 0 Å². The molecule has 0 heterocycles. The summed E-state index contributed by atoms with van der Waals surface area (Å²) in [5.41, 5.74) is 1.39. The Hall–Kier alpha value is -0.290. The van der Waals surface area contributed by atoms with Gasteiger partial charge in [-0.25, -0.2) is 0 Å². The molecule has 0 aromatic heterocycles. The predicted octanol–water partition coefficient (Wildman–Crippen LogP) is 3.76. The average molecular weight is 359 g/mol. The maximum Gasteiger partial charge on any atom is 0.119 e. The molecule has 0 bridgehead atoms. The van der Waals surface area contributed by atoms with Gasteiger partial charge in [0.1, 0.15) is 5.75 Å². The van der Waals surface area contributed by atoms with Crippen molar-refractivity contribution in [2.45, 2.75) is 44.6 Å². The van der Waals surface area contributed by atoms with Crippen LogP contribution < -0.4 is 10.1 Å². The van der Waals surface area contributed by atoms with E-state index in [4.69, 9.17) is 4.74 Å². The summed E-state index contributed by atoms with van der Waals surface area (Å²) in [6.07, 6.45) is 8.02. The third-order valence-electron chi connectivity index (χ3n) is 3.69. The number of hydrogen-bond donors (Lipinski definition) is 1. The lowest BCUT2D eigenvalue weighted by Crippen LogP contribution is -2.32. The second kappa shape index (κ2) is 7.34. The van der Waals surface area contributed by atoms with Crippen molar-refractivity contribution >= 4 is 22.6 Å². The minimum absolute atomic E-state index is 0.752. The fraction of sp³-hybridized carbons (Fsp3) is 0.600. The molecule has 0 saturated heterocycles. The van der Waals surface area contributed by atoms with Crippen molar-refractivity contribution in [2.75, 3.05) is 13.7 Å². The van der Waals surface area contributed by atoms with Gasteiger partial charge in [-0.1, -0.05) is 19.3 Å². The summed E-state index contributed by atoms with van der Waals surface area (Å²) in [7, 11) is 1.73. The summed E-state index contributed by atoms with van der Waals surface area (Å²) in [6, 6.07) is 7.07.